The molecule has 1 aliphatic rings. The van der Waals surface area contributed by atoms with Gasteiger partial charge in [-0.05, 0) is 52.3 Å². The largest absolute Gasteiger partial charge is 0.306 e. The molecular formula is C16H26N2. The maximum atomic E-state index is 3.71. The number of likely N-dealkylation sites (tertiary alicyclic amines) is 1. The summed E-state index contributed by atoms with van der Waals surface area (Å²) >= 11 is 0. The Balaban J connectivity index is 1.84. The predicted octanol–water partition coefficient (Wildman–Crippen LogP) is 3.13. The fraction of sp³-hybridized carbons (Fsp3) is 0.625. The highest BCUT2D eigenvalue weighted by molar-refractivity contribution is 5.24. The van der Waals surface area contributed by atoms with E-state index in [4.69, 9.17) is 0 Å². The molecule has 1 aliphatic heterocycles. The van der Waals surface area contributed by atoms with Crippen molar-refractivity contribution in [1.82, 2.24) is 10.2 Å². The van der Waals surface area contributed by atoms with Crippen LogP contribution in [0.1, 0.15) is 43.9 Å². The van der Waals surface area contributed by atoms with E-state index in [0.717, 1.165) is 0 Å². The minimum absolute atomic E-state index is 0.433. The second kappa shape index (κ2) is 6.35. The highest BCUT2D eigenvalue weighted by atomic mass is 15.2. The van der Waals surface area contributed by atoms with Gasteiger partial charge in [0.05, 0.1) is 0 Å². The van der Waals surface area contributed by atoms with E-state index in [1.807, 2.05) is 0 Å². The molecule has 0 aliphatic carbocycles. The molecule has 2 rings (SSSR count). The summed E-state index contributed by atoms with van der Waals surface area (Å²) in [7, 11) is 0. The number of benzene rings is 1. The van der Waals surface area contributed by atoms with Gasteiger partial charge >= 0.3 is 0 Å². The van der Waals surface area contributed by atoms with Gasteiger partial charge in [-0.1, -0.05) is 29.8 Å². The zero-order valence-corrected chi connectivity index (χ0v) is 11.9. The van der Waals surface area contributed by atoms with E-state index in [9.17, 15) is 0 Å². The summed E-state index contributed by atoms with van der Waals surface area (Å²) in [6.45, 7) is 10.5. The SMILES string of the molecule is Cc1cccc(C(C)NC(C)CN2CCCC2)c1. The molecule has 0 saturated carbocycles. The zero-order chi connectivity index (χ0) is 13.0. The highest BCUT2D eigenvalue weighted by Gasteiger charge is 2.16. The number of nitrogens with one attached hydrogen (secondary N) is 1. The zero-order valence-electron chi connectivity index (χ0n) is 11.9. The maximum Gasteiger partial charge on any atom is 0.0294 e. The Morgan fingerprint density at radius 3 is 2.61 bits per heavy atom. The normalized spacial score (nSPS) is 19.9. The van der Waals surface area contributed by atoms with Crippen molar-refractivity contribution in [2.45, 2.75) is 45.7 Å². The number of hydrogen-bond donors (Lipinski definition) is 1. The van der Waals surface area contributed by atoms with E-state index in [0.29, 0.717) is 12.1 Å². The Labute approximate surface area is 111 Å². The van der Waals surface area contributed by atoms with E-state index >= 15 is 0 Å². The number of nitrogens with zero attached hydrogens (tertiary/aromatic N) is 1. The summed E-state index contributed by atoms with van der Waals surface area (Å²) in [5, 5.41) is 3.71. The van der Waals surface area contributed by atoms with Gasteiger partial charge in [-0.2, -0.15) is 0 Å². The molecule has 2 nitrogen and oxygen atoms in total. The highest BCUT2D eigenvalue weighted by Crippen LogP contribution is 2.15. The van der Waals surface area contributed by atoms with Crippen LogP contribution >= 0.6 is 0 Å². The van der Waals surface area contributed by atoms with Crippen molar-refractivity contribution in [1.29, 1.82) is 0 Å². The molecule has 1 heterocycles. The maximum absolute atomic E-state index is 3.71. The molecule has 0 spiro atoms. The van der Waals surface area contributed by atoms with Crippen LogP contribution in [0, 0.1) is 6.92 Å². The molecule has 1 saturated heterocycles. The lowest BCUT2D eigenvalue weighted by molar-refractivity contribution is 0.289. The summed E-state index contributed by atoms with van der Waals surface area (Å²) in [6, 6.07) is 9.78. The van der Waals surface area contributed by atoms with Crippen molar-refractivity contribution < 1.29 is 0 Å². The molecule has 0 radical (unpaired) electrons. The second-order valence-electron chi connectivity index (χ2n) is 5.71. The van der Waals surface area contributed by atoms with Crippen LogP contribution in [0.15, 0.2) is 24.3 Å². The lowest BCUT2D eigenvalue weighted by Gasteiger charge is -2.25. The van der Waals surface area contributed by atoms with Gasteiger partial charge in [-0.3, -0.25) is 0 Å². The first-order chi connectivity index (χ1) is 8.65. The number of rotatable bonds is 5. The third-order valence-electron chi connectivity index (χ3n) is 3.81. The first kappa shape index (κ1) is 13.6. The minimum Gasteiger partial charge on any atom is -0.306 e. The third-order valence-corrected chi connectivity index (χ3v) is 3.81. The van der Waals surface area contributed by atoms with Gasteiger partial charge in [0, 0.05) is 18.6 Å². The van der Waals surface area contributed by atoms with E-state index in [-0.39, 0.29) is 0 Å². The summed E-state index contributed by atoms with van der Waals surface area (Å²) in [4.78, 5) is 2.57. The van der Waals surface area contributed by atoms with E-state index < -0.39 is 0 Å². The van der Waals surface area contributed by atoms with Crippen LogP contribution in [0.4, 0.5) is 0 Å². The first-order valence-corrected chi connectivity index (χ1v) is 7.20. The van der Waals surface area contributed by atoms with Crippen LogP contribution in [0.25, 0.3) is 0 Å². The van der Waals surface area contributed by atoms with Gasteiger partial charge in [0.25, 0.3) is 0 Å². The standard InChI is InChI=1S/C16H26N2/c1-13-7-6-8-16(11-13)15(3)17-14(2)12-18-9-4-5-10-18/h6-8,11,14-15,17H,4-5,9-10,12H2,1-3H3. The fourth-order valence-electron chi connectivity index (χ4n) is 2.87. The lowest BCUT2D eigenvalue weighted by atomic mass is 10.1. The smallest absolute Gasteiger partial charge is 0.0294 e. The topological polar surface area (TPSA) is 15.3 Å². The summed E-state index contributed by atoms with van der Waals surface area (Å²) in [5.41, 5.74) is 2.73. The van der Waals surface area contributed by atoms with Crippen LogP contribution in [-0.4, -0.2) is 30.6 Å². The third kappa shape index (κ3) is 3.82. The van der Waals surface area contributed by atoms with Crippen LogP contribution in [-0.2, 0) is 0 Å². The number of hydrogen-bond acceptors (Lipinski definition) is 2. The van der Waals surface area contributed by atoms with Gasteiger partial charge < -0.3 is 10.2 Å². The summed E-state index contributed by atoms with van der Waals surface area (Å²) in [6.07, 6.45) is 2.75. The first-order valence-electron chi connectivity index (χ1n) is 7.20. The van der Waals surface area contributed by atoms with Crippen molar-refractivity contribution in [2.24, 2.45) is 0 Å². The Bertz CT molecular complexity index is 369. The van der Waals surface area contributed by atoms with Crippen molar-refractivity contribution in [3.63, 3.8) is 0 Å². The van der Waals surface area contributed by atoms with Crippen molar-refractivity contribution in [3.8, 4) is 0 Å². The molecule has 1 aromatic carbocycles. The molecular weight excluding hydrogens is 220 g/mol. The quantitative estimate of drug-likeness (QED) is 0.858. The Morgan fingerprint density at radius 2 is 1.94 bits per heavy atom. The van der Waals surface area contributed by atoms with Gasteiger partial charge in [0.1, 0.15) is 0 Å². The molecule has 0 amide bonds. The minimum atomic E-state index is 0.433. The lowest BCUT2D eigenvalue weighted by Crippen LogP contribution is -2.39. The number of aryl methyl sites for hydroxylation is 1. The van der Waals surface area contributed by atoms with Crippen LogP contribution in [0.3, 0.4) is 0 Å². The molecule has 100 valence electrons. The molecule has 1 fully saturated rings. The molecule has 18 heavy (non-hydrogen) atoms. The Kier molecular flexibility index (Phi) is 4.79. The van der Waals surface area contributed by atoms with Crippen LogP contribution in [0.5, 0.6) is 0 Å². The van der Waals surface area contributed by atoms with Crippen LogP contribution < -0.4 is 5.32 Å². The monoisotopic (exact) mass is 246 g/mol. The van der Waals surface area contributed by atoms with Crippen molar-refractivity contribution in [3.05, 3.63) is 35.4 Å². The van der Waals surface area contributed by atoms with E-state index in [1.54, 1.807) is 0 Å². The fourth-order valence-corrected chi connectivity index (χ4v) is 2.87. The molecule has 2 heteroatoms. The molecule has 1 aromatic rings. The Morgan fingerprint density at radius 1 is 1.22 bits per heavy atom. The van der Waals surface area contributed by atoms with Crippen LogP contribution in [0.2, 0.25) is 0 Å². The van der Waals surface area contributed by atoms with Gasteiger partial charge in [0.2, 0.25) is 0 Å². The van der Waals surface area contributed by atoms with Gasteiger partial charge in [0.15, 0.2) is 0 Å². The van der Waals surface area contributed by atoms with E-state index in [2.05, 4.69) is 55.3 Å². The Hall–Kier alpha value is -0.860. The molecule has 0 aromatic heterocycles. The van der Waals surface area contributed by atoms with E-state index in [1.165, 1.54) is 43.6 Å². The summed E-state index contributed by atoms with van der Waals surface area (Å²) in [5.74, 6) is 0. The van der Waals surface area contributed by atoms with Crippen molar-refractivity contribution in [2.75, 3.05) is 19.6 Å². The molecule has 2 unspecified atom stereocenters. The average molecular weight is 246 g/mol. The van der Waals surface area contributed by atoms with Gasteiger partial charge in [-0.15, -0.1) is 0 Å². The molecule has 2 atom stereocenters. The molecule has 1 N–H and O–H groups in total. The second-order valence-corrected chi connectivity index (χ2v) is 5.71. The summed E-state index contributed by atoms with van der Waals surface area (Å²) < 4.78 is 0. The average Bonchev–Trinajstić information content (AvgIpc) is 2.81. The molecule has 0 bridgehead atoms. The van der Waals surface area contributed by atoms with Crippen molar-refractivity contribution >= 4 is 0 Å². The van der Waals surface area contributed by atoms with Gasteiger partial charge in [-0.25, -0.2) is 0 Å². The predicted molar refractivity (Wildman–Crippen MR) is 77.9 cm³/mol.